The van der Waals surface area contributed by atoms with Crippen LogP contribution >= 0.6 is 0 Å². The van der Waals surface area contributed by atoms with Crippen molar-refractivity contribution in [1.29, 1.82) is 0 Å². The van der Waals surface area contributed by atoms with Gasteiger partial charge in [0.15, 0.2) is 7.05 Å². The second kappa shape index (κ2) is 2.87. The fourth-order valence-corrected chi connectivity index (χ4v) is 0.795. The Bertz CT molecular complexity index is 173. The van der Waals surface area contributed by atoms with Crippen LogP contribution < -0.4 is 17.1 Å². The number of nitrogens with zero attached hydrogens (tertiary/aromatic N) is 1. The predicted octanol–water partition coefficient (Wildman–Crippen LogP) is -2.54. The number of H-pyrrole nitrogens is 1. The molecule has 0 spiro atoms. The molecule has 0 aliphatic rings. The zero-order chi connectivity index (χ0) is 6.15. The first kappa shape index (κ1) is 8.50. The van der Waals surface area contributed by atoms with Crippen molar-refractivity contribution in [1.82, 2.24) is 5.10 Å². The van der Waals surface area contributed by atoms with E-state index in [0.29, 0.717) is 0 Å². The molecular formula is C6H11ClN2. The first-order valence-electron chi connectivity index (χ1n) is 2.72. The molecule has 0 atom stereocenters. The minimum Gasteiger partial charge on any atom is -1.00 e. The summed E-state index contributed by atoms with van der Waals surface area (Å²) in [7, 11) is 2.00. The number of nitrogens with one attached hydrogen (secondary N) is 1. The maximum atomic E-state index is 3.12. The lowest BCUT2D eigenvalue weighted by Crippen LogP contribution is -3.00. The smallest absolute Gasteiger partial charge is 0.204 e. The van der Waals surface area contributed by atoms with E-state index in [2.05, 4.69) is 18.1 Å². The molecule has 0 aromatic carbocycles. The van der Waals surface area contributed by atoms with Crippen LogP contribution in [0.1, 0.15) is 11.4 Å². The molecule has 52 valence electrons. The highest BCUT2D eigenvalue weighted by Gasteiger charge is 2.00. The number of hydrogen-bond acceptors (Lipinski definition) is 0. The molecular weight excluding hydrogens is 136 g/mol. The first-order valence-corrected chi connectivity index (χ1v) is 2.72. The molecule has 3 heteroatoms. The summed E-state index contributed by atoms with van der Waals surface area (Å²) < 4.78 is 2.00. The van der Waals surface area contributed by atoms with Gasteiger partial charge in [-0.3, -0.25) is 0 Å². The van der Waals surface area contributed by atoms with E-state index in [1.165, 1.54) is 11.4 Å². The number of rotatable bonds is 0. The van der Waals surface area contributed by atoms with Gasteiger partial charge in [0.2, 0.25) is 5.69 Å². The summed E-state index contributed by atoms with van der Waals surface area (Å²) in [4.78, 5) is 0. The molecule has 1 aromatic heterocycles. The SMILES string of the molecule is Cc1cc(C)[n+](C)[nH]1.[Cl-]. The van der Waals surface area contributed by atoms with E-state index in [0.717, 1.165) is 0 Å². The van der Waals surface area contributed by atoms with Crippen LogP contribution in [0, 0.1) is 13.8 Å². The molecule has 0 bridgehead atoms. The van der Waals surface area contributed by atoms with Crippen LogP contribution in [0.3, 0.4) is 0 Å². The second-order valence-corrected chi connectivity index (χ2v) is 2.14. The summed E-state index contributed by atoms with van der Waals surface area (Å²) in [6.45, 7) is 4.12. The largest absolute Gasteiger partial charge is 1.00 e. The fraction of sp³-hybridized carbons (Fsp3) is 0.500. The van der Waals surface area contributed by atoms with Crippen LogP contribution in [0.4, 0.5) is 0 Å². The minimum atomic E-state index is 0. The Kier molecular flexibility index (Phi) is 2.71. The van der Waals surface area contributed by atoms with Crippen LogP contribution in [0.25, 0.3) is 0 Å². The summed E-state index contributed by atoms with van der Waals surface area (Å²) in [5, 5.41) is 3.12. The Morgan fingerprint density at radius 3 is 2.11 bits per heavy atom. The van der Waals surface area contributed by atoms with E-state index >= 15 is 0 Å². The van der Waals surface area contributed by atoms with E-state index in [1.54, 1.807) is 0 Å². The third kappa shape index (κ3) is 1.72. The van der Waals surface area contributed by atoms with Gasteiger partial charge in [-0.2, -0.15) is 5.10 Å². The van der Waals surface area contributed by atoms with Crippen molar-refractivity contribution in [2.24, 2.45) is 7.05 Å². The molecule has 2 nitrogen and oxygen atoms in total. The Morgan fingerprint density at radius 2 is 2.00 bits per heavy atom. The molecule has 0 saturated heterocycles. The molecule has 0 unspecified atom stereocenters. The number of halogens is 1. The van der Waals surface area contributed by atoms with Gasteiger partial charge >= 0.3 is 0 Å². The number of aryl methyl sites for hydroxylation is 3. The summed E-state index contributed by atoms with van der Waals surface area (Å²) in [6, 6.07) is 2.11. The summed E-state index contributed by atoms with van der Waals surface area (Å²) >= 11 is 0. The van der Waals surface area contributed by atoms with Crippen LogP contribution in [0.2, 0.25) is 0 Å². The van der Waals surface area contributed by atoms with Gasteiger partial charge in [0.05, 0.1) is 5.69 Å². The van der Waals surface area contributed by atoms with Crippen molar-refractivity contribution in [2.45, 2.75) is 13.8 Å². The highest BCUT2D eigenvalue weighted by atomic mass is 35.5. The molecule has 0 aliphatic heterocycles. The van der Waals surface area contributed by atoms with Gasteiger partial charge in [-0.05, 0) is 6.92 Å². The molecule has 0 amide bonds. The normalized spacial score (nSPS) is 8.78. The molecule has 0 saturated carbocycles. The highest BCUT2D eigenvalue weighted by molar-refractivity contribution is 4.98. The zero-order valence-corrected chi connectivity index (χ0v) is 6.66. The Hall–Kier alpha value is -0.500. The third-order valence-electron chi connectivity index (χ3n) is 1.30. The lowest BCUT2D eigenvalue weighted by Gasteiger charge is -1.76. The molecule has 0 aliphatic carbocycles. The standard InChI is InChI=1S/C6H10N2.ClH/c1-5-4-6(2)8(3)7-5;/h4H,1-3H3;1H. The number of hydrogen-bond donors (Lipinski definition) is 1. The van der Waals surface area contributed by atoms with Crippen LogP contribution in [0.15, 0.2) is 6.07 Å². The van der Waals surface area contributed by atoms with Crippen molar-refractivity contribution < 1.29 is 17.1 Å². The van der Waals surface area contributed by atoms with Gasteiger partial charge in [0, 0.05) is 13.0 Å². The van der Waals surface area contributed by atoms with Crippen molar-refractivity contribution in [3.63, 3.8) is 0 Å². The van der Waals surface area contributed by atoms with Crippen LogP contribution in [-0.4, -0.2) is 5.10 Å². The lowest BCUT2D eigenvalue weighted by molar-refractivity contribution is -0.732. The van der Waals surface area contributed by atoms with Gasteiger partial charge in [-0.1, -0.05) is 0 Å². The molecule has 1 aromatic rings. The zero-order valence-electron chi connectivity index (χ0n) is 5.90. The monoisotopic (exact) mass is 146 g/mol. The molecule has 0 radical (unpaired) electrons. The minimum absolute atomic E-state index is 0. The fourth-order valence-electron chi connectivity index (χ4n) is 0.795. The van der Waals surface area contributed by atoms with E-state index in [4.69, 9.17) is 0 Å². The van der Waals surface area contributed by atoms with Crippen molar-refractivity contribution in [3.8, 4) is 0 Å². The average molecular weight is 147 g/mol. The Labute approximate surface area is 61.3 Å². The van der Waals surface area contributed by atoms with Gasteiger partial charge in [0.25, 0.3) is 0 Å². The van der Waals surface area contributed by atoms with Crippen LogP contribution in [0.5, 0.6) is 0 Å². The molecule has 1 rings (SSSR count). The Balaban J connectivity index is 0.000000640. The first-order chi connectivity index (χ1) is 3.70. The van der Waals surface area contributed by atoms with E-state index in [9.17, 15) is 0 Å². The Morgan fingerprint density at radius 1 is 1.44 bits per heavy atom. The summed E-state index contributed by atoms with van der Waals surface area (Å²) in [6.07, 6.45) is 0. The van der Waals surface area contributed by atoms with E-state index in [1.807, 2.05) is 18.7 Å². The van der Waals surface area contributed by atoms with Gasteiger partial charge in [-0.15, -0.1) is 4.68 Å². The highest BCUT2D eigenvalue weighted by Crippen LogP contribution is 1.90. The molecule has 1 heterocycles. The van der Waals surface area contributed by atoms with Gasteiger partial charge in [0.1, 0.15) is 0 Å². The van der Waals surface area contributed by atoms with E-state index in [-0.39, 0.29) is 12.4 Å². The number of aromatic amines is 1. The second-order valence-electron chi connectivity index (χ2n) is 2.14. The molecule has 9 heavy (non-hydrogen) atoms. The van der Waals surface area contributed by atoms with Gasteiger partial charge < -0.3 is 12.4 Å². The quantitative estimate of drug-likeness (QED) is 0.390. The van der Waals surface area contributed by atoms with E-state index < -0.39 is 0 Å². The van der Waals surface area contributed by atoms with Crippen molar-refractivity contribution >= 4 is 0 Å². The van der Waals surface area contributed by atoms with Gasteiger partial charge in [-0.25, -0.2) is 0 Å². The maximum absolute atomic E-state index is 3.12. The van der Waals surface area contributed by atoms with Crippen LogP contribution in [-0.2, 0) is 7.05 Å². The summed E-state index contributed by atoms with van der Waals surface area (Å²) in [5.41, 5.74) is 2.48. The topological polar surface area (TPSA) is 19.7 Å². The lowest BCUT2D eigenvalue weighted by atomic mass is 10.4. The number of aromatic nitrogens is 2. The molecule has 0 fully saturated rings. The third-order valence-corrected chi connectivity index (χ3v) is 1.30. The maximum Gasteiger partial charge on any atom is 0.204 e. The molecule has 1 N–H and O–H groups in total. The van der Waals surface area contributed by atoms with Crippen molar-refractivity contribution in [3.05, 3.63) is 17.5 Å². The predicted molar refractivity (Wildman–Crippen MR) is 31.4 cm³/mol. The van der Waals surface area contributed by atoms with Crippen molar-refractivity contribution in [2.75, 3.05) is 0 Å². The average Bonchev–Trinajstić information content (AvgIpc) is 1.85. The summed E-state index contributed by atoms with van der Waals surface area (Å²) in [5.74, 6) is 0.